The third-order valence-corrected chi connectivity index (χ3v) is 3.11. The van der Waals surface area contributed by atoms with E-state index in [1.54, 1.807) is 6.07 Å². The van der Waals surface area contributed by atoms with E-state index in [4.69, 9.17) is 51.1 Å². The summed E-state index contributed by atoms with van der Waals surface area (Å²) < 4.78 is 5.42. The molecule has 0 saturated carbocycles. The number of benzene rings is 1. The van der Waals surface area contributed by atoms with Crippen LogP contribution in [-0.4, -0.2) is 11.4 Å². The summed E-state index contributed by atoms with van der Waals surface area (Å²) in [5.41, 5.74) is 0.550. The number of alkyl halides is 2. The van der Waals surface area contributed by atoms with Crippen LogP contribution in [0.5, 0.6) is 0 Å². The molecule has 1 aromatic rings. The molecule has 1 saturated heterocycles. The van der Waals surface area contributed by atoms with Gasteiger partial charge in [0.15, 0.2) is 0 Å². The van der Waals surface area contributed by atoms with E-state index < -0.39 is 4.84 Å². The Bertz CT molecular complexity index is 353. The zero-order valence-electron chi connectivity index (χ0n) is 7.64. The maximum Gasteiger partial charge on any atom is 0.119 e. The second-order valence-corrected chi connectivity index (χ2v) is 5.69. The fourth-order valence-corrected chi connectivity index (χ4v) is 2.58. The lowest BCUT2D eigenvalue weighted by Crippen LogP contribution is -2.12. The van der Waals surface area contributed by atoms with Crippen molar-refractivity contribution in [2.45, 2.75) is 16.9 Å². The second-order valence-electron chi connectivity index (χ2n) is 3.54. The highest BCUT2D eigenvalue weighted by atomic mass is 35.5. The first-order valence-corrected chi connectivity index (χ1v) is 6.03. The molecule has 1 aromatic carbocycles. The minimum Gasteiger partial charge on any atom is -0.364 e. The number of hydrogen-bond donors (Lipinski definition) is 0. The largest absolute Gasteiger partial charge is 0.364 e. The predicted molar refractivity (Wildman–Crippen MR) is 64.2 cm³/mol. The molecule has 0 bridgehead atoms. The summed E-state index contributed by atoms with van der Waals surface area (Å²) in [6.07, 6.45) is 0.548. The summed E-state index contributed by atoms with van der Waals surface area (Å²) >= 11 is 23.3. The van der Waals surface area contributed by atoms with Gasteiger partial charge in [-0.2, -0.15) is 0 Å². The molecule has 0 radical (unpaired) electrons. The topological polar surface area (TPSA) is 12.5 Å². The lowest BCUT2D eigenvalue weighted by molar-refractivity contribution is 0.298. The Morgan fingerprint density at radius 1 is 1.20 bits per heavy atom. The molecule has 2 rings (SSSR count). The molecular weight excluding hydrogens is 278 g/mol. The van der Waals surface area contributed by atoms with Crippen LogP contribution in [-0.2, 0) is 10.3 Å². The molecule has 82 valence electrons. The molecule has 1 nitrogen and oxygen atoms in total. The Labute approximate surface area is 108 Å². The first-order chi connectivity index (χ1) is 7.02. The second kappa shape index (κ2) is 4.31. The van der Waals surface area contributed by atoms with Gasteiger partial charge in [0.25, 0.3) is 0 Å². The molecule has 1 aliphatic rings. The molecule has 1 aliphatic heterocycles. The van der Waals surface area contributed by atoms with Gasteiger partial charge in [0, 0.05) is 16.5 Å². The summed E-state index contributed by atoms with van der Waals surface area (Å²) in [5, 5.41) is 1.18. The third-order valence-electron chi connectivity index (χ3n) is 2.37. The standard InChI is InChI=1S/C10H8Cl4O/c11-7-1-6(2-8(12)3-7)10(5-15-10)4-9(13)14/h1-3,9H,4-5H2. The molecule has 1 unspecified atom stereocenters. The summed E-state index contributed by atoms with van der Waals surface area (Å²) in [4.78, 5) is -0.453. The highest BCUT2D eigenvalue weighted by molar-refractivity contribution is 6.44. The molecule has 1 heterocycles. The average molecular weight is 286 g/mol. The van der Waals surface area contributed by atoms with Crippen molar-refractivity contribution in [3.63, 3.8) is 0 Å². The van der Waals surface area contributed by atoms with Gasteiger partial charge in [-0.15, -0.1) is 23.2 Å². The van der Waals surface area contributed by atoms with Gasteiger partial charge in [-0.25, -0.2) is 0 Å². The van der Waals surface area contributed by atoms with Crippen LogP contribution in [0.25, 0.3) is 0 Å². The molecule has 0 aliphatic carbocycles. The zero-order valence-corrected chi connectivity index (χ0v) is 10.7. The van der Waals surface area contributed by atoms with E-state index in [0.29, 0.717) is 23.1 Å². The van der Waals surface area contributed by atoms with E-state index in [0.717, 1.165) is 5.56 Å². The van der Waals surface area contributed by atoms with Crippen molar-refractivity contribution in [2.24, 2.45) is 0 Å². The summed E-state index contributed by atoms with van der Waals surface area (Å²) in [5.74, 6) is 0. The maximum atomic E-state index is 5.91. The van der Waals surface area contributed by atoms with Gasteiger partial charge in [0.1, 0.15) is 10.4 Å². The van der Waals surface area contributed by atoms with E-state index >= 15 is 0 Å². The van der Waals surface area contributed by atoms with E-state index in [-0.39, 0.29) is 5.60 Å². The highest BCUT2D eigenvalue weighted by Crippen LogP contribution is 2.45. The van der Waals surface area contributed by atoms with Gasteiger partial charge in [-0.1, -0.05) is 23.2 Å². The van der Waals surface area contributed by atoms with Crippen LogP contribution < -0.4 is 0 Å². The molecule has 0 amide bonds. The van der Waals surface area contributed by atoms with Crippen molar-refractivity contribution >= 4 is 46.4 Å². The Balaban J connectivity index is 2.29. The van der Waals surface area contributed by atoms with E-state index in [1.165, 1.54) is 0 Å². The van der Waals surface area contributed by atoms with Crippen LogP contribution in [0.1, 0.15) is 12.0 Å². The van der Waals surface area contributed by atoms with Gasteiger partial charge in [-0.05, 0) is 23.8 Å². The lowest BCUT2D eigenvalue weighted by atomic mass is 9.97. The molecule has 0 N–H and O–H groups in total. The van der Waals surface area contributed by atoms with Crippen molar-refractivity contribution in [2.75, 3.05) is 6.61 Å². The fourth-order valence-electron chi connectivity index (χ4n) is 1.56. The zero-order chi connectivity index (χ0) is 11.1. The monoisotopic (exact) mass is 284 g/mol. The van der Waals surface area contributed by atoms with Crippen molar-refractivity contribution in [3.8, 4) is 0 Å². The Hall–Kier alpha value is 0.340. The summed E-state index contributed by atoms with van der Waals surface area (Å²) in [6.45, 7) is 0.611. The van der Waals surface area contributed by atoms with Crippen LogP contribution in [0, 0.1) is 0 Å². The number of ether oxygens (including phenoxy) is 1. The first-order valence-electron chi connectivity index (χ1n) is 4.40. The number of hydrogen-bond acceptors (Lipinski definition) is 1. The minimum absolute atomic E-state index is 0.386. The van der Waals surface area contributed by atoms with Gasteiger partial charge < -0.3 is 4.74 Å². The van der Waals surface area contributed by atoms with Crippen LogP contribution in [0.2, 0.25) is 10.0 Å². The molecule has 0 spiro atoms. The van der Waals surface area contributed by atoms with Gasteiger partial charge in [-0.3, -0.25) is 0 Å². The van der Waals surface area contributed by atoms with Crippen LogP contribution >= 0.6 is 46.4 Å². The number of rotatable bonds is 3. The van der Waals surface area contributed by atoms with Crippen LogP contribution in [0.4, 0.5) is 0 Å². The third kappa shape index (κ3) is 2.72. The van der Waals surface area contributed by atoms with Crippen molar-refractivity contribution in [1.82, 2.24) is 0 Å². The van der Waals surface area contributed by atoms with Gasteiger partial charge in [0.2, 0.25) is 0 Å². The first kappa shape index (κ1) is 11.8. The van der Waals surface area contributed by atoms with Crippen molar-refractivity contribution < 1.29 is 4.74 Å². The van der Waals surface area contributed by atoms with E-state index in [9.17, 15) is 0 Å². The van der Waals surface area contributed by atoms with Crippen molar-refractivity contribution in [1.29, 1.82) is 0 Å². The van der Waals surface area contributed by atoms with E-state index in [2.05, 4.69) is 0 Å². The van der Waals surface area contributed by atoms with Gasteiger partial charge in [0.05, 0.1) is 6.61 Å². The van der Waals surface area contributed by atoms with E-state index in [1.807, 2.05) is 12.1 Å². The Morgan fingerprint density at radius 3 is 2.13 bits per heavy atom. The molecule has 0 aromatic heterocycles. The van der Waals surface area contributed by atoms with Crippen LogP contribution in [0.3, 0.4) is 0 Å². The smallest absolute Gasteiger partial charge is 0.119 e. The molecule has 1 fully saturated rings. The Kier molecular flexibility index (Phi) is 3.39. The van der Waals surface area contributed by atoms with Crippen LogP contribution in [0.15, 0.2) is 18.2 Å². The minimum atomic E-state index is -0.453. The summed E-state index contributed by atoms with van der Waals surface area (Å²) in [7, 11) is 0. The Morgan fingerprint density at radius 2 is 1.73 bits per heavy atom. The quantitative estimate of drug-likeness (QED) is 0.592. The summed E-state index contributed by atoms with van der Waals surface area (Å²) in [6, 6.07) is 5.34. The number of epoxide rings is 1. The predicted octanol–water partition coefficient (Wildman–Crippen LogP) is 4.41. The highest BCUT2D eigenvalue weighted by Gasteiger charge is 2.47. The van der Waals surface area contributed by atoms with Crippen molar-refractivity contribution in [3.05, 3.63) is 33.8 Å². The number of halogens is 4. The lowest BCUT2D eigenvalue weighted by Gasteiger charge is -2.13. The average Bonchev–Trinajstić information content (AvgIpc) is 2.82. The molecular formula is C10H8Cl4O. The normalized spacial score (nSPS) is 24.6. The molecule has 15 heavy (non-hydrogen) atoms. The maximum absolute atomic E-state index is 5.91. The van der Waals surface area contributed by atoms with Gasteiger partial charge >= 0.3 is 0 Å². The fraction of sp³-hybridized carbons (Fsp3) is 0.400. The molecule has 5 heteroatoms. The molecule has 1 atom stereocenters. The SMILES string of the molecule is Clc1cc(Cl)cc(C2(CC(Cl)Cl)CO2)c1.